The summed E-state index contributed by atoms with van der Waals surface area (Å²) in [6, 6.07) is 5.83. The molecule has 8 nitrogen and oxygen atoms in total. The van der Waals surface area contributed by atoms with E-state index in [1.54, 1.807) is 4.68 Å². The molecule has 0 spiro atoms. The maximum absolute atomic E-state index is 13.0. The molecule has 8 heteroatoms. The van der Waals surface area contributed by atoms with E-state index >= 15 is 0 Å². The molecule has 2 aliphatic rings. The van der Waals surface area contributed by atoms with Gasteiger partial charge in [0.25, 0.3) is 5.91 Å². The maximum atomic E-state index is 13.0. The predicted octanol–water partition coefficient (Wildman–Crippen LogP) is 1.17. The van der Waals surface area contributed by atoms with Gasteiger partial charge in [0.1, 0.15) is 13.2 Å². The van der Waals surface area contributed by atoms with E-state index in [2.05, 4.69) is 15.6 Å². The van der Waals surface area contributed by atoms with Crippen LogP contribution in [0, 0.1) is 6.92 Å². The fourth-order valence-electron chi connectivity index (χ4n) is 3.62. The Morgan fingerprint density at radius 1 is 1.31 bits per heavy atom. The van der Waals surface area contributed by atoms with Crippen molar-refractivity contribution in [2.24, 2.45) is 0 Å². The van der Waals surface area contributed by atoms with E-state index in [4.69, 9.17) is 9.47 Å². The standard InChI is InChI=1S/C18H23N5O3/c1-12-17(18(24)22-7-3-4-14(22)11-19-2)20-21-23(12)13-5-6-15-16(10-13)26-9-8-25-15/h5-6,10,14,19H,3-4,7-9,11H2,1-2H3. The van der Waals surface area contributed by atoms with Crippen molar-refractivity contribution < 1.29 is 14.3 Å². The summed E-state index contributed by atoms with van der Waals surface area (Å²) in [6.45, 7) is 4.51. The number of nitrogens with zero attached hydrogens (tertiary/aromatic N) is 4. The Morgan fingerprint density at radius 2 is 2.12 bits per heavy atom. The van der Waals surface area contributed by atoms with Crippen molar-refractivity contribution in [2.75, 3.05) is 33.4 Å². The summed E-state index contributed by atoms with van der Waals surface area (Å²) in [5.41, 5.74) is 1.93. The lowest BCUT2D eigenvalue weighted by Gasteiger charge is -2.23. The second-order valence-corrected chi connectivity index (χ2v) is 6.62. The highest BCUT2D eigenvalue weighted by molar-refractivity contribution is 5.93. The fourth-order valence-corrected chi connectivity index (χ4v) is 3.62. The first kappa shape index (κ1) is 16.8. The molecule has 1 atom stereocenters. The van der Waals surface area contributed by atoms with Crippen molar-refractivity contribution in [1.29, 1.82) is 0 Å². The van der Waals surface area contributed by atoms with Gasteiger partial charge >= 0.3 is 0 Å². The molecule has 1 aromatic carbocycles. The normalized spacial score (nSPS) is 19.0. The molecule has 1 aromatic heterocycles. The summed E-state index contributed by atoms with van der Waals surface area (Å²) in [4.78, 5) is 14.9. The van der Waals surface area contributed by atoms with Gasteiger partial charge in [-0.2, -0.15) is 0 Å². The first-order chi connectivity index (χ1) is 12.7. The van der Waals surface area contributed by atoms with Crippen LogP contribution in [0.4, 0.5) is 0 Å². The Labute approximate surface area is 152 Å². The topological polar surface area (TPSA) is 81.5 Å². The number of carbonyl (C=O) groups excluding carboxylic acids is 1. The van der Waals surface area contributed by atoms with Gasteiger partial charge in [-0.1, -0.05) is 5.21 Å². The van der Waals surface area contributed by atoms with Crippen LogP contribution in [0.1, 0.15) is 29.0 Å². The van der Waals surface area contributed by atoms with Gasteiger partial charge in [-0.05, 0) is 38.9 Å². The molecule has 1 unspecified atom stereocenters. The van der Waals surface area contributed by atoms with Gasteiger partial charge < -0.3 is 19.7 Å². The summed E-state index contributed by atoms with van der Waals surface area (Å²) in [5, 5.41) is 11.5. The van der Waals surface area contributed by atoms with Crippen molar-refractivity contribution in [3.8, 4) is 17.2 Å². The molecule has 0 radical (unpaired) electrons. The molecule has 3 heterocycles. The number of nitrogens with one attached hydrogen (secondary N) is 1. The number of rotatable bonds is 4. The van der Waals surface area contributed by atoms with E-state index in [0.717, 1.165) is 43.1 Å². The Hall–Kier alpha value is -2.61. The van der Waals surface area contributed by atoms with Crippen LogP contribution in [-0.4, -0.2) is 65.2 Å². The quantitative estimate of drug-likeness (QED) is 0.885. The van der Waals surface area contributed by atoms with Gasteiger partial charge in [0.2, 0.25) is 0 Å². The van der Waals surface area contributed by atoms with Gasteiger partial charge in [-0.15, -0.1) is 5.10 Å². The molecule has 1 amide bonds. The molecule has 0 aliphatic carbocycles. The molecule has 4 rings (SSSR count). The van der Waals surface area contributed by atoms with Crippen molar-refractivity contribution >= 4 is 5.91 Å². The monoisotopic (exact) mass is 357 g/mol. The molecule has 1 N–H and O–H groups in total. The Morgan fingerprint density at radius 3 is 2.92 bits per heavy atom. The number of fused-ring (bicyclic) bond motifs is 1. The molecule has 0 bridgehead atoms. The zero-order chi connectivity index (χ0) is 18.1. The number of hydrogen-bond donors (Lipinski definition) is 1. The molecule has 1 fully saturated rings. The van der Waals surface area contributed by atoms with Crippen LogP contribution >= 0.6 is 0 Å². The summed E-state index contributed by atoms with van der Waals surface area (Å²) < 4.78 is 12.9. The minimum atomic E-state index is -0.0518. The second-order valence-electron chi connectivity index (χ2n) is 6.62. The lowest BCUT2D eigenvalue weighted by atomic mass is 10.2. The smallest absolute Gasteiger partial charge is 0.276 e. The van der Waals surface area contributed by atoms with Crippen LogP contribution in [-0.2, 0) is 0 Å². The van der Waals surface area contributed by atoms with E-state index in [-0.39, 0.29) is 11.9 Å². The summed E-state index contributed by atoms with van der Waals surface area (Å²) >= 11 is 0. The third-order valence-corrected chi connectivity index (χ3v) is 4.95. The highest BCUT2D eigenvalue weighted by Gasteiger charge is 2.32. The van der Waals surface area contributed by atoms with Crippen molar-refractivity contribution in [2.45, 2.75) is 25.8 Å². The fraction of sp³-hybridized carbons (Fsp3) is 0.500. The van der Waals surface area contributed by atoms with Gasteiger partial charge in [-0.3, -0.25) is 4.79 Å². The molecule has 138 valence electrons. The first-order valence-corrected chi connectivity index (χ1v) is 8.97. The average molecular weight is 357 g/mol. The molecule has 2 aromatic rings. The third-order valence-electron chi connectivity index (χ3n) is 4.95. The zero-order valence-electron chi connectivity index (χ0n) is 15.1. The molecular formula is C18H23N5O3. The number of ether oxygens (including phenoxy) is 2. The number of likely N-dealkylation sites (tertiary alicyclic amines) is 1. The van der Waals surface area contributed by atoms with Crippen molar-refractivity contribution in [3.05, 3.63) is 29.6 Å². The van der Waals surface area contributed by atoms with Gasteiger partial charge in [0.05, 0.1) is 11.4 Å². The molecule has 0 saturated carbocycles. The van der Waals surface area contributed by atoms with Crippen LogP contribution < -0.4 is 14.8 Å². The average Bonchev–Trinajstić information content (AvgIpc) is 3.28. The van der Waals surface area contributed by atoms with E-state index in [1.807, 2.05) is 37.1 Å². The molecule has 1 saturated heterocycles. The minimum absolute atomic E-state index is 0.0518. The minimum Gasteiger partial charge on any atom is -0.486 e. The Balaban J connectivity index is 1.61. The predicted molar refractivity (Wildman–Crippen MR) is 95.1 cm³/mol. The van der Waals surface area contributed by atoms with Crippen LogP contribution in [0.15, 0.2) is 18.2 Å². The highest BCUT2D eigenvalue weighted by atomic mass is 16.6. The van der Waals surface area contributed by atoms with E-state index in [0.29, 0.717) is 24.7 Å². The number of amides is 1. The first-order valence-electron chi connectivity index (χ1n) is 8.97. The molecule has 26 heavy (non-hydrogen) atoms. The van der Waals surface area contributed by atoms with Crippen LogP contribution in [0.2, 0.25) is 0 Å². The number of hydrogen-bond acceptors (Lipinski definition) is 6. The SMILES string of the molecule is CNCC1CCCN1C(=O)c1nnn(-c2ccc3c(c2)OCCO3)c1C. The Bertz CT molecular complexity index is 819. The van der Waals surface area contributed by atoms with Gasteiger partial charge in [0.15, 0.2) is 17.2 Å². The van der Waals surface area contributed by atoms with Crippen molar-refractivity contribution in [1.82, 2.24) is 25.2 Å². The number of aromatic nitrogens is 3. The van der Waals surface area contributed by atoms with E-state index in [1.165, 1.54) is 0 Å². The second kappa shape index (κ2) is 6.95. The van der Waals surface area contributed by atoms with Crippen LogP contribution in [0.25, 0.3) is 5.69 Å². The van der Waals surface area contributed by atoms with E-state index < -0.39 is 0 Å². The number of benzene rings is 1. The summed E-state index contributed by atoms with van der Waals surface area (Å²) in [6.07, 6.45) is 2.04. The van der Waals surface area contributed by atoms with Crippen LogP contribution in [0.5, 0.6) is 11.5 Å². The zero-order valence-corrected chi connectivity index (χ0v) is 15.1. The summed E-state index contributed by atoms with van der Waals surface area (Å²) in [5.74, 6) is 1.36. The van der Waals surface area contributed by atoms with E-state index in [9.17, 15) is 4.79 Å². The third kappa shape index (κ3) is 2.90. The highest BCUT2D eigenvalue weighted by Crippen LogP contribution is 2.32. The molecule has 2 aliphatic heterocycles. The largest absolute Gasteiger partial charge is 0.486 e. The number of likely N-dealkylation sites (N-methyl/N-ethyl adjacent to an activating group) is 1. The van der Waals surface area contributed by atoms with Gasteiger partial charge in [0, 0.05) is 25.2 Å². The molecular weight excluding hydrogens is 334 g/mol. The van der Waals surface area contributed by atoms with Gasteiger partial charge in [-0.25, -0.2) is 4.68 Å². The lowest BCUT2D eigenvalue weighted by Crippen LogP contribution is -2.41. The lowest BCUT2D eigenvalue weighted by molar-refractivity contribution is 0.0730. The summed E-state index contributed by atoms with van der Waals surface area (Å²) in [7, 11) is 1.91. The maximum Gasteiger partial charge on any atom is 0.276 e. The van der Waals surface area contributed by atoms with Crippen molar-refractivity contribution in [3.63, 3.8) is 0 Å². The Kier molecular flexibility index (Phi) is 4.50. The number of carbonyl (C=O) groups is 1. The van der Waals surface area contributed by atoms with Crippen LogP contribution in [0.3, 0.4) is 0 Å².